The molecule has 0 radical (unpaired) electrons. The van der Waals surface area contributed by atoms with E-state index >= 15 is 0 Å². The molecular formula is C18H19NO4. The number of nitrogens with zero attached hydrogens (tertiary/aromatic N) is 1. The largest absolute Gasteiger partial charge is 0.466 e. The summed E-state index contributed by atoms with van der Waals surface area (Å²) in [5, 5.41) is 0. The van der Waals surface area contributed by atoms with Crippen molar-refractivity contribution in [1.82, 2.24) is 4.57 Å². The van der Waals surface area contributed by atoms with Crippen LogP contribution in [0.3, 0.4) is 0 Å². The lowest BCUT2D eigenvalue weighted by Crippen LogP contribution is -2.38. The van der Waals surface area contributed by atoms with Crippen LogP contribution in [-0.2, 0) is 14.3 Å². The predicted octanol–water partition coefficient (Wildman–Crippen LogP) is 2.91. The molecule has 1 aliphatic heterocycles. The van der Waals surface area contributed by atoms with E-state index in [2.05, 4.69) is 0 Å². The summed E-state index contributed by atoms with van der Waals surface area (Å²) < 4.78 is 12.0. The van der Waals surface area contributed by atoms with Crippen LogP contribution in [0.25, 0.3) is 0 Å². The third kappa shape index (κ3) is 2.52. The highest BCUT2D eigenvalue weighted by Crippen LogP contribution is 2.35. The maximum atomic E-state index is 12.4. The standard InChI is InChI=1S/C18H19NO4/c1-11-14-9-10-19(12(2)13-7-5-4-6-8-13)15(14)17(20)23-16(11)18(21)22-3/h4-12,16H,1-3H3/t11?,12-,16+/m1/s1. The molecule has 0 spiro atoms. The molecule has 23 heavy (non-hydrogen) atoms. The molecule has 3 atom stereocenters. The molecule has 0 saturated heterocycles. The molecule has 2 aromatic rings. The Labute approximate surface area is 134 Å². The first kappa shape index (κ1) is 15.3. The van der Waals surface area contributed by atoms with Gasteiger partial charge in [0.15, 0.2) is 0 Å². The van der Waals surface area contributed by atoms with Crippen LogP contribution in [-0.4, -0.2) is 29.7 Å². The third-order valence-electron chi connectivity index (χ3n) is 4.45. The van der Waals surface area contributed by atoms with E-state index in [1.165, 1.54) is 7.11 Å². The number of methoxy groups -OCH3 is 1. The summed E-state index contributed by atoms with van der Waals surface area (Å²) in [6.07, 6.45) is 0.989. The first-order chi connectivity index (χ1) is 11.0. The lowest BCUT2D eigenvalue weighted by Gasteiger charge is -2.28. The molecule has 1 aliphatic rings. The van der Waals surface area contributed by atoms with E-state index in [1.807, 2.05) is 61.0 Å². The zero-order valence-electron chi connectivity index (χ0n) is 13.4. The summed E-state index contributed by atoms with van der Waals surface area (Å²) in [7, 11) is 1.29. The molecule has 0 amide bonds. The second-order valence-corrected chi connectivity index (χ2v) is 5.75. The second kappa shape index (κ2) is 5.91. The van der Waals surface area contributed by atoms with Crippen molar-refractivity contribution in [3.63, 3.8) is 0 Å². The number of carbonyl (C=O) groups excluding carboxylic acids is 2. The predicted molar refractivity (Wildman–Crippen MR) is 84.3 cm³/mol. The number of ether oxygens (including phenoxy) is 2. The summed E-state index contributed by atoms with van der Waals surface area (Å²) in [6.45, 7) is 3.89. The lowest BCUT2D eigenvalue weighted by molar-refractivity contribution is -0.152. The highest BCUT2D eigenvalue weighted by molar-refractivity contribution is 5.94. The van der Waals surface area contributed by atoms with Crippen molar-refractivity contribution in [1.29, 1.82) is 0 Å². The molecule has 5 nitrogen and oxygen atoms in total. The molecule has 0 N–H and O–H groups in total. The number of carbonyl (C=O) groups is 2. The number of cyclic esters (lactones) is 1. The van der Waals surface area contributed by atoms with Crippen molar-refractivity contribution in [3.05, 3.63) is 59.4 Å². The summed E-state index contributed by atoms with van der Waals surface area (Å²) in [4.78, 5) is 24.2. The fourth-order valence-corrected chi connectivity index (χ4v) is 3.07. The van der Waals surface area contributed by atoms with Gasteiger partial charge in [-0.25, -0.2) is 9.59 Å². The SMILES string of the molecule is COC(=O)[C@H]1OC(=O)c2c(ccn2[C@H](C)c2ccccc2)C1C. The van der Waals surface area contributed by atoms with Gasteiger partial charge in [0.25, 0.3) is 0 Å². The van der Waals surface area contributed by atoms with Gasteiger partial charge in [-0.3, -0.25) is 0 Å². The number of esters is 2. The summed E-state index contributed by atoms with van der Waals surface area (Å²) >= 11 is 0. The molecule has 2 heterocycles. The minimum absolute atomic E-state index is 0.00521. The van der Waals surface area contributed by atoms with E-state index in [1.54, 1.807) is 0 Å². The lowest BCUT2D eigenvalue weighted by atomic mass is 9.92. The maximum Gasteiger partial charge on any atom is 0.356 e. The van der Waals surface area contributed by atoms with Gasteiger partial charge in [0.05, 0.1) is 13.2 Å². The van der Waals surface area contributed by atoms with Gasteiger partial charge in [0.1, 0.15) is 5.69 Å². The smallest absolute Gasteiger partial charge is 0.356 e. The molecule has 1 aromatic heterocycles. The van der Waals surface area contributed by atoms with Crippen molar-refractivity contribution >= 4 is 11.9 Å². The summed E-state index contributed by atoms with van der Waals surface area (Å²) in [5.41, 5.74) is 2.43. The normalized spacial score (nSPS) is 21.3. The number of fused-ring (bicyclic) bond motifs is 1. The Hall–Kier alpha value is -2.56. The van der Waals surface area contributed by atoms with Crippen LogP contribution in [0.5, 0.6) is 0 Å². The minimum Gasteiger partial charge on any atom is -0.466 e. The number of rotatable bonds is 3. The highest BCUT2D eigenvalue weighted by Gasteiger charge is 2.40. The average molecular weight is 313 g/mol. The Bertz CT molecular complexity index is 735. The van der Waals surface area contributed by atoms with E-state index < -0.39 is 18.0 Å². The van der Waals surface area contributed by atoms with Crippen LogP contribution >= 0.6 is 0 Å². The second-order valence-electron chi connectivity index (χ2n) is 5.75. The monoisotopic (exact) mass is 313 g/mol. The van der Waals surface area contributed by atoms with Crippen LogP contribution in [0.15, 0.2) is 42.6 Å². The Balaban J connectivity index is 2.00. The van der Waals surface area contributed by atoms with E-state index in [-0.39, 0.29) is 12.0 Å². The molecule has 1 aromatic carbocycles. The zero-order chi connectivity index (χ0) is 16.6. The molecular weight excluding hydrogens is 294 g/mol. The van der Waals surface area contributed by atoms with E-state index in [4.69, 9.17) is 9.47 Å². The van der Waals surface area contributed by atoms with Gasteiger partial charge in [-0.05, 0) is 24.1 Å². The molecule has 0 bridgehead atoms. The van der Waals surface area contributed by atoms with E-state index in [0.717, 1.165) is 11.1 Å². The molecule has 0 saturated carbocycles. The van der Waals surface area contributed by atoms with Gasteiger partial charge in [-0.15, -0.1) is 0 Å². The van der Waals surface area contributed by atoms with E-state index in [9.17, 15) is 9.59 Å². The minimum atomic E-state index is -0.886. The summed E-state index contributed by atoms with van der Waals surface area (Å²) in [5.74, 6) is -1.25. The maximum absolute atomic E-state index is 12.4. The Morgan fingerprint density at radius 3 is 2.61 bits per heavy atom. The number of hydrogen-bond acceptors (Lipinski definition) is 4. The van der Waals surface area contributed by atoms with Gasteiger partial charge in [0.2, 0.25) is 6.10 Å². The van der Waals surface area contributed by atoms with Gasteiger partial charge < -0.3 is 14.0 Å². The van der Waals surface area contributed by atoms with Crippen molar-refractivity contribution in [2.75, 3.05) is 7.11 Å². The molecule has 5 heteroatoms. The highest BCUT2D eigenvalue weighted by atomic mass is 16.6. The van der Waals surface area contributed by atoms with E-state index in [0.29, 0.717) is 5.69 Å². The molecule has 0 fully saturated rings. The van der Waals surface area contributed by atoms with Crippen LogP contribution < -0.4 is 0 Å². The quantitative estimate of drug-likeness (QED) is 0.818. The van der Waals surface area contributed by atoms with Crippen molar-refractivity contribution in [2.45, 2.75) is 31.9 Å². The van der Waals surface area contributed by atoms with Crippen LogP contribution in [0.1, 0.15) is 47.4 Å². The molecule has 120 valence electrons. The first-order valence-electron chi connectivity index (χ1n) is 7.59. The Morgan fingerprint density at radius 1 is 1.26 bits per heavy atom. The molecule has 3 rings (SSSR count). The Kier molecular flexibility index (Phi) is 3.94. The molecule has 1 unspecified atom stereocenters. The van der Waals surface area contributed by atoms with Crippen LogP contribution in [0.4, 0.5) is 0 Å². The van der Waals surface area contributed by atoms with Gasteiger partial charge >= 0.3 is 11.9 Å². The van der Waals surface area contributed by atoms with Gasteiger partial charge in [-0.1, -0.05) is 37.3 Å². The van der Waals surface area contributed by atoms with Gasteiger partial charge in [0, 0.05) is 12.1 Å². The Morgan fingerprint density at radius 2 is 1.96 bits per heavy atom. The molecule has 0 aliphatic carbocycles. The van der Waals surface area contributed by atoms with Crippen molar-refractivity contribution < 1.29 is 19.1 Å². The number of aromatic nitrogens is 1. The van der Waals surface area contributed by atoms with Crippen LogP contribution in [0.2, 0.25) is 0 Å². The van der Waals surface area contributed by atoms with Crippen LogP contribution in [0, 0.1) is 0 Å². The zero-order valence-corrected chi connectivity index (χ0v) is 13.4. The van der Waals surface area contributed by atoms with Crippen molar-refractivity contribution in [3.8, 4) is 0 Å². The fourth-order valence-electron chi connectivity index (χ4n) is 3.07. The van der Waals surface area contributed by atoms with Gasteiger partial charge in [-0.2, -0.15) is 0 Å². The first-order valence-corrected chi connectivity index (χ1v) is 7.59. The third-order valence-corrected chi connectivity index (χ3v) is 4.45. The average Bonchev–Trinajstić information content (AvgIpc) is 3.03. The number of benzene rings is 1. The van der Waals surface area contributed by atoms with Crippen molar-refractivity contribution in [2.24, 2.45) is 0 Å². The fraction of sp³-hybridized carbons (Fsp3) is 0.333. The topological polar surface area (TPSA) is 57.5 Å². The summed E-state index contributed by atoms with van der Waals surface area (Å²) in [6, 6.07) is 11.8. The number of hydrogen-bond donors (Lipinski definition) is 0.